The zero-order valence-electron chi connectivity index (χ0n) is 15.4. The summed E-state index contributed by atoms with van der Waals surface area (Å²) in [6.45, 7) is 12.9. The molecule has 1 aromatic rings. The predicted molar refractivity (Wildman–Crippen MR) is 103 cm³/mol. The monoisotopic (exact) mass is 325 g/mol. The number of hydrogen-bond donors (Lipinski definition) is 1. The maximum absolute atomic E-state index is 3.73. The van der Waals surface area contributed by atoms with Crippen LogP contribution in [0.3, 0.4) is 0 Å². The molecule has 2 aliphatic rings. The second-order valence-corrected chi connectivity index (χ2v) is 13.9. The summed E-state index contributed by atoms with van der Waals surface area (Å²) in [6, 6.07) is 7.79. The minimum Gasteiger partial charge on any atom is -0.313 e. The SMILES string of the molecule is CC1(C)CCC(CNC2CC2)c2ccc(C#C[Si](C)(C)C)cc21. The number of nitrogens with one attached hydrogen (secondary N) is 1. The van der Waals surface area contributed by atoms with Crippen molar-refractivity contribution in [1.82, 2.24) is 5.32 Å². The van der Waals surface area contributed by atoms with Crippen LogP contribution < -0.4 is 5.32 Å². The molecule has 1 aromatic carbocycles. The molecule has 3 rings (SSSR count). The van der Waals surface area contributed by atoms with Crippen LogP contribution in [0.25, 0.3) is 0 Å². The maximum Gasteiger partial charge on any atom is 0.129 e. The van der Waals surface area contributed by atoms with Crippen molar-refractivity contribution in [3.8, 4) is 11.5 Å². The Labute approximate surface area is 143 Å². The minimum atomic E-state index is -1.31. The third kappa shape index (κ3) is 4.28. The first-order valence-electron chi connectivity index (χ1n) is 9.16. The lowest BCUT2D eigenvalue weighted by molar-refractivity contribution is 0.382. The molecule has 124 valence electrons. The molecule has 2 heteroatoms. The predicted octanol–water partition coefficient (Wildman–Crippen LogP) is 4.82. The van der Waals surface area contributed by atoms with Gasteiger partial charge in [-0.15, -0.1) is 5.54 Å². The fourth-order valence-corrected chi connectivity index (χ4v) is 3.99. The smallest absolute Gasteiger partial charge is 0.129 e. The Kier molecular flexibility index (Phi) is 4.46. The molecule has 0 saturated heterocycles. The van der Waals surface area contributed by atoms with E-state index in [1.807, 2.05) is 0 Å². The van der Waals surface area contributed by atoms with Crippen molar-refractivity contribution in [2.24, 2.45) is 0 Å². The van der Waals surface area contributed by atoms with Gasteiger partial charge in [-0.1, -0.05) is 45.5 Å². The van der Waals surface area contributed by atoms with E-state index in [4.69, 9.17) is 0 Å². The minimum absolute atomic E-state index is 0.280. The Bertz CT molecular complexity index is 638. The molecule has 0 radical (unpaired) electrons. The van der Waals surface area contributed by atoms with Crippen LogP contribution >= 0.6 is 0 Å². The van der Waals surface area contributed by atoms with Gasteiger partial charge in [-0.05, 0) is 60.3 Å². The highest BCUT2D eigenvalue weighted by molar-refractivity contribution is 6.83. The second kappa shape index (κ2) is 6.11. The summed E-state index contributed by atoms with van der Waals surface area (Å²) in [5.74, 6) is 4.12. The topological polar surface area (TPSA) is 12.0 Å². The van der Waals surface area contributed by atoms with Gasteiger partial charge in [0.2, 0.25) is 0 Å². The van der Waals surface area contributed by atoms with Gasteiger partial charge in [0, 0.05) is 18.2 Å². The van der Waals surface area contributed by atoms with Crippen molar-refractivity contribution in [3.63, 3.8) is 0 Å². The number of rotatable bonds is 3. The average Bonchev–Trinajstić information content (AvgIpc) is 3.28. The van der Waals surface area contributed by atoms with E-state index < -0.39 is 8.07 Å². The molecule has 0 spiro atoms. The molecular formula is C21H31NSi. The third-order valence-corrected chi connectivity index (χ3v) is 6.03. The van der Waals surface area contributed by atoms with Crippen LogP contribution in [0.2, 0.25) is 19.6 Å². The Balaban J connectivity index is 1.87. The highest BCUT2D eigenvalue weighted by Crippen LogP contribution is 2.42. The standard InChI is InChI=1S/C21H31NSi/c1-21(2)12-10-17(15-22-18-7-8-18)19-9-6-16(14-20(19)21)11-13-23(3,4)5/h6,9,14,17-18,22H,7-8,10,12,15H2,1-5H3. The van der Waals surface area contributed by atoms with Crippen molar-refractivity contribution in [2.75, 3.05) is 6.54 Å². The first-order chi connectivity index (χ1) is 10.7. The zero-order chi connectivity index (χ0) is 16.7. The summed E-state index contributed by atoms with van der Waals surface area (Å²) in [4.78, 5) is 0. The fourth-order valence-electron chi connectivity index (χ4n) is 3.47. The molecule has 0 bridgehead atoms. The number of benzene rings is 1. The van der Waals surface area contributed by atoms with E-state index in [1.54, 1.807) is 5.56 Å². The van der Waals surface area contributed by atoms with Gasteiger partial charge < -0.3 is 5.32 Å². The summed E-state index contributed by atoms with van der Waals surface area (Å²) in [5.41, 5.74) is 8.09. The normalized spacial score (nSPS) is 22.9. The van der Waals surface area contributed by atoms with Crippen molar-refractivity contribution in [1.29, 1.82) is 0 Å². The van der Waals surface area contributed by atoms with Crippen LogP contribution in [0.15, 0.2) is 18.2 Å². The largest absolute Gasteiger partial charge is 0.313 e. The lowest BCUT2D eigenvalue weighted by Gasteiger charge is -2.37. The Morgan fingerprint density at radius 1 is 1.17 bits per heavy atom. The van der Waals surface area contributed by atoms with Crippen LogP contribution in [0, 0.1) is 11.5 Å². The van der Waals surface area contributed by atoms with Crippen molar-refractivity contribution in [2.45, 2.75) is 76.5 Å². The molecule has 0 amide bonds. The zero-order valence-corrected chi connectivity index (χ0v) is 16.4. The van der Waals surface area contributed by atoms with Crippen LogP contribution in [-0.4, -0.2) is 20.7 Å². The van der Waals surface area contributed by atoms with E-state index >= 15 is 0 Å². The fraction of sp³-hybridized carbons (Fsp3) is 0.619. The van der Waals surface area contributed by atoms with Gasteiger partial charge in [-0.3, -0.25) is 0 Å². The molecule has 1 saturated carbocycles. The Morgan fingerprint density at radius 3 is 2.57 bits per heavy atom. The first kappa shape index (κ1) is 16.8. The van der Waals surface area contributed by atoms with Gasteiger partial charge in [0.05, 0.1) is 0 Å². The van der Waals surface area contributed by atoms with Gasteiger partial charge in [0.15, 0.2) is 0 Å². The molecule has 1 N–H and O–H groups in total. The lowest BCUT2D eigenvalue weighted by Crippen LogP contribution is -2.32. The summed E-state index contributed by atoms with van der Waals surface area (Å²) in [7, 11) is -1.31. The third-order valence-electron chi connectivity index (χ3n) is 5.15. The van der Waals surface area contributed by atoms with E-state index in [1.165, 1.54) is 36.8 Å². The molecule has 1 fully saturated rings. The molecule has 1 unspecified atom stereocenters. The summed E-state index contributed by atoms with van der Waals surface area (Å²) in [5, 5.41) is 3.73. The lowest BCUT2D eigenvalue weighted by atomic mass is 9.68. The molecule has 1 nitrogen and oxygen atoms in total. The van der Waals surface area contributed by atoms with E-state index in [2.05, 4.69) is 68.5 Å². The highest BCUT2D eigenvalue weighted by atomic mass is 28.3. The van der Waals surface area contributed by atoms with Crippen LogP contribution in [-0.2, 0) is 5.41 Å². The van der Waals surface area contributed by atoms with E-state index in [0.717, 1.165) is 12.6 Å². The Hall–Kier alpha value is -1.04. The van der Waals surface area contributed by atoms with E-state index in [0.29, 0.717) is 5.92 Å². The average molecular weight is 326 g/mol. The maximum atomic E-state index is 3.73. The van der Waals surface area contributed by atoms with Gasteiger partial charge >= 0.3 is 0 Å². The van der Waals surface area contributed by atoms with Gasteiger partial charge in [-0.2, -0.15) is 0 Å². The molecule has 23 heavy (non-hydrogen) atoms. The molecule has 1 atom stereocenters. The van der Waals surface area contributed by atoms with Gasteiger partial charge in [0.1, 0.15) is 8.07 Å². The molecule has 0 aliphatic heterocycles. The highest BCUT2D eigenvalue weighted by Gasteiger charge is 2.33. The van der Waals surface area contributed by atoms with Crippen molar-refractivity contribution in [3.05, 3.63) is 34.9 Å². The quantitative estimate of drug-likeness (QED) is 0.620. The first-order valence-corrected chi connectivity index (χ1v) is 12.7. The van der Waals surface area contributed by atoms with Crippen LogP contribution in [0.5, 0.6) is 0 Å². The van der Waals surface area contributed by atoms with E-state index in [9.17, 15) is 0 Å². The van der Waals surface area contributed by atoms with Crippen molar-refractivity contribution < 1.29 is 0 Å². The summed E-state index contributed by atoms with van der Waals surface area (Å²) < 4.78 is 0. The number of hydrogen-bond acceptors (Lipinski definition) is 1. The van der Waals surface area contributed by atoms with Gasteiger partial charge in [0.25, 0.3) is 0 Å². The summed E-state index contributed by atoms with van der Waals surface area (Å²) >= 11 is 0. The molecule has 0 heterocycles. The van der Waals surface area contributed by atoms with E-state index in [-0.39, 0.29) is 5.41 Å². The summed E-state index contributed by atoms with van der Waals surface area (Å²) in [6.07, 6.45) is 5.33. The molecule has 0 aromatic heterocycles. The van der Waals surface area contributed by atoms with Gasteiger partial charge in [-0.25, -0.2) is 0 Å². The van der Waals surface area contributed by atoms with Crippen LogP contribution in [0.1, 0.15) is 62.1 Å². The van der Waals surface area contributed by atoms with Crippen molar-refractivity contribution >= 4 is 8.07 Å². The number of fused-ring (bicyclic) bond motifs is 1. The van der Waals surface area contributed by atoms with Crippen LogP contribution in [0.4, 0.5) is 0 Å². The molecule has 2 aliphatic carbocycles. The second-order valence-electron chi connectivity index (χ2n) is 9.10. The Morgan fingerprint density at radius 2 is 1.91 bits per heavy atom. The molecular weight excluding hydrogens is 294 g/mol.